The van der Waals surface area contributed by atoms with Crippen molar-refractivity contribution in [2.45, 2.75) is 6.92 Å². The number of fused-ring (bicyclic) bond motifs is 1. The second-order valence-electron chi connectivity index (χ2n) is 4.20. The van der Waals surface area contributed by atoms with Gasteiger partial charge in [-0.05, 0) is 64.9 Å². The summed E-state index contributed by atoms with van der Waals surface area (Å²) < 4.78 is 1.25. The fourth-order valence-corrected chi connectivity index (χ4v) is 2.37. The smallest absolute Gasteiger partial charge is 0.116 e. The first-order chi connectivity index (χ1) is 8.74. The van der Waals surface area contributed by atoms with Crippen molar-refractivity contribution in [3.8, 4) is 11.1 Å². The second kappa shape index (κ2) is 4.65. The molecular formula is C15H11IN2. The highest BCUT2D eigenvalue weighted by Gasteiger charge is 2.03. The van der Waals surface area contributed by atoms with E-state index < -0.39 is 0 Å². The zero-order valence-electron chi connectivity index (χ0n) is 9.89. The van der Waals surface area contributed by atoms with Crippen molar-refractivity contribution >= 4 is 33.5 Å². The summed E-state index contributed by atoms with van der Waals surface area (Å²) in [6.45, 7) is 2.02. The third-order valence-electron chi connectivity index (χ3n) is 3.01. The molecule has 0 fully saturated rings. The molecule has 2 aromatic carbocycles. The molecule has 0 unspecified atom stereocenters. The Bertz CT molecular complexity index is 705. The fraction of sp³-hybridized carbons (Fsp3) is 0.0667. The lowest BCUT2D eigenvalue weighted by Gasteiger charge is -2.05. The highest BCUT2D eigenvalue weighted by molar-refractivity contribution is 14.1. The van der Waals surface area contributed by atoms with Crippen molar-refractivity contribution in [2.24, 2.45) is 0 Å². The van der Waals surface area contributed by atoms with Crippen LogP contribution in [0.1, 0.15) is 5.69 Å². The summed E-state index contributed by atoms with van der Waals surface area (Å²) >= 11 is 2.32. The van der Waals surface area contributed by atoms with E-state index in [1.807, 2.05) is 6.92 Å². The molecule has 0 radical (unpaired) electrons. The molecule has 1 aromatic heterocycles. The molecule has 0 atom stereocenters. The van der Waals surface area contributed by atoms with Crippen LogP contribution in [-0.4, -0.2) is 9.97 Å². The number of benzene rings is 2. The number of rotatable bonds is 1. The van der Waals surface area contributed by atoms with E-state index >= 15 is 0 Å². The van der Waals surface area contributed by atoms with Gasteiger partial charge in [0, 0.05) is 14.7 Å². The molecule has 0 aliphatic heterocycles. The molecule has 0 N–H and O–H groups in total. The van der Waals surface area contributed by atoms with Gasteiger partial charge in [-0.3, -0.25) is 0 Å². The molecule has 0 aliphatic carbocycles. The lowest BCUT2D eigenvalue weighted by molar-refractivity contribution is 1.15. The van der Waals surface area contributed by atoms with E-state index in [4.69, 9.17) is 0 Å². The van der Waals surface area contributed by atoms with Crippen molar-refractivity contribution in [1.29, 1.82) is 0 Å². The Labute approximate surface area is 119 Å². The number of halogens is 1. The van der Waals surface area contributed by atoms with Gasteiger partial charge < -0.3 is 0 Å². The van der Waals surface area contributed by atoms with Crippen molar-refractivity contribution in [1.82, 2.24) is 9.97 Å². The summed E-state index contributed by atoms with van der Waals surface area (Å²) in [5, 5.41) is 1.12. The molecule has 88 valence electrons. The van der Waals surface area contributed by atoms with Crippen LogP contribution in [0.15, 0.2) is 48.8 Å². The highest BCUT2D eigenvalue weighted by atomic mass is 127. The lowest BCUT2D eigenvalue weighted by atomic mass is 10.0. The molecule has 0 spiro atoms. The number of nitrogens with zero attached hydrogens (tertiary/aromatic N) is 2. The summed E-state index contributed by atoms with van der Waals surface area (Å²) in [6.07, 6.45) is 1.61. The van der Waals surface area contributed by atoms with Crippen molar-refractivity contribution < 1.29 is 0 Å². The van der Waals surface area contributed by atoms with E-state index in [-0.39, 0.29) is 0 Å². The number of aryl methyl sites for hydroxylation is 1. The Morgan fingerprint density at radius 1 is 0.889 bits per heavy atom. The van der Waals surface area contributed by atoms with Gasteiger partial charge in [0.05, 0.1) is 5.52 Å². The van der Waals surface area contributed by atoms with E-state index in [0.717, 1.165) is 16.6 Å². The van der Waals surface area contributed by atoms with Crippen LogP contribution in [-0.2, 0) is 0 Å². The molecule has 2 nitrogen and oxygen atoms in total. The summed E-state index contributed by atoms with van der Waals surface area (Å²) in [7, 11) is 0. The maximum Gasteiger partial charge on any atom is 0.116 e. The fourth-order valence-electron chi connectivity index (χ4n) is 2.01. The molecule has 0 saturated heterocycles. The summed E-state index contributed by atoms with van der Waals surface area (Å²) in [6, 6.07) is 14.8. The maximum absolute atomic E-state index is 4.28. The van der Waals surface area contributed by atoms with Gasteiger partial charge in [0.25, 0.3) is 0 Å². The van der Waals surface area contributed by atoms with Crippen LogP contribution in [0.5, 0.6) is 0 Å². The van der Waals surface area contributed by atoms with Gasteiger partial charge in [0.1, 0.15) is 6.33 Å². The van der Waals surface area contributed by atoms with Crippen molar-refractivity contribution in [2.75, 3.05) is 0 Å². The maximum atomic E-state index is 4.28. The summed E-state index contributed by atoms with van der Waals surface area (Å²) in [5.41, 5.74) is 4.45. The third kappa shape index (κ3) is 2.10. The number of hydrogen-bond acceptors (Lipinski definition) is 2. The molecule has 3 heteroatoms. The molecule has 0 bridgehead atoms. The minimum Gasteiger partial charge on any atom is -0.241 e. The van der Waals surface area contributed by atoms with E-state index in [0.29, 0.717) is 0 Å². The molecule has 1 heterocycles. The van der Waals surface area contributed by atoms with Gasteiger partial charge in [-0.1, -0.05) is 18.2 Å². The van der Waals surface area contributed by atoms with Crippen LogP contribution in [0.25, 0.3) is 22.0 Å². The van der Waals surface area contributed by atoms with Gasteiger partial charge in [-0.25, -0.2) is 9.97 Å². The van der Waals surface area contributed by atoms with Crippen LogP contribution in [0.3, 0.4) is 0 Å². The third-order valence-corrected chi connectivity index (χ3v) is 3.73. The summed E-state index contributed by atoms with van der Waals surface area (Å²) in [5.74, 6) is 0. The van der Waals surface area contributed by atoms with Crippen molar-refractivity contribution in [3.05, 3.63) is 58.1 Å². The van der Waals surface area contributed by atoms with Gasteiger partial charge in [0.2, 0.25) is 0 Å². The van der Waals surface area contributed by atoms with E-state index in [9.17, 15) is 0 Å². The number of aromatic nitrogens is 2. The Hall–Kier alpha value is -1.49. The SMILES string of the molecule is Cc1ncnc2ccc(-c3ccc(I)cc3)cc12. The lowest BCUT2D eigenvalue weighted by Crippen LogP contribution is -1.88. The summed E-state index contributed by atoms with van der Waals surface area (Å²) in [4.78, 5) is 8.52. The van der Waals surface area contributed by atoms with Crippen LogP contribution in [0.2, 0.25) is 0 Å². The molecule has 3 rings (SSSR count). The predicted molar refractivity (Wildman–Crippen MR) is 82.4 cm³/mol. The van der Waals surface area contributed by atoms with Crippen LogP contribution < -0.4 is 0 Å². The Morgan fingerprint density at radius 3 is 2.39 bits per heavy atom. The minimum atomic E-state index is 0.997. The first-order valence-corrected chi connectivity index (χ1v) is 6.79. The average Bonchev–Trinajstić information content (AvgIpc) is 2.40. The molecule has 0 aliphatic rings. The minimum absolute atomic E-state index is 0.997. The Kier molecular flexibility index (Phi) is 2.99. The van der Waals surface area contributed by atoms with Crippen molar-refractivity contribution in [3.63, 3.8) is 0 Å². The Morgan fingerprint density at radius 2 is 1.61 bits per heavy atom. The predicted octanol–water partition coefficient (Wildman–Crippen LogP) is 4.21. The second-order valence-corrected chi connectivity index (χ2v) is 5.44. The van der Waals surface area contributed by atoms with E-state index in [2.05, 4.69) is 75.0 Å². The van der Waals surface area contributed by atoms with Gasteiger partial charge in [-0.15, -0.1) is 0 Å². The zero-order chi connectivity index (χ0) is 12.5. The largest absolute Gasteiger partial charge is 0.241 e. The number of hydrogen-bond donors (Lipinski definition) is 0. The van der Waals surface area contributed by atoms with E-state index in [1.165, 1.54) is 14.7 Å². The molecule has 3 aromatic rings. The van der Waals surface area contributed by atoms with Crippen LogP contribution >= 0.6 is 22.6 Å². The molecular weight excluding hydrogens is 335 g/mol. The Balaban J connectivity index is 2.18. The van der Waals surface area contributed by atoms with Crippen LogP contribution in [0, 0.1) is 10.5 Å². The normalized spacial score (nSPS) is 10.8. The molecule has 0 saturated carbocycles. The monoisotopic (exact) mass is 346 g/mol. The first-order valence-electron chi connectivity index (χ1n) is 5.71. The van der Waals surface area contributed by atoms with E-state index in [1.54, 1.807) is 6.33 Å². The standard InChI is InChI=1S/C15H11IN2/c1-10-14-8-12(4-7-15(14)18-9-17-10)11-2-5-13(16)6-3-11/h2-9H,1H3. The molecule has 18 heavy (non-hydrogen) atoms. The quantitative estimate of drug-likeness (QED) is 0.617. The zero-order valence-corrected chi connectivity index (χ0v) is 12.0. The van der Waals surface area contributed by atoms with Crippen LogP contribution in [0.4, 0.5) is 0 Å². The van der Waals surface area contributed by atoms with Gasteiger partial charge in [0.15, 0.2) is 0 Å². The highest BCUT2D eigenvalue weighted by Crippen LogP contribution is 2.25. The topological polar surface area (TPSA) is 25.8 Å². The van der Waals surface area contributed by atoms with Gasteiger partial charge >= 0.3 is 0 Å². The van der Waals surface area contributed by atoms with Gasteiger partial charge in [-0.2, -0.15) is 0 Å². The average molecular weight is 346 g/mol. The molecule has 0 amide bonds. The first kappa shape index (κ1) is 11.6.